The van der Waals surface area contributed by atoms with Gasteiger partial charge in [-0.05, 0) is 89.9 Å². The van der Waals surface area contributed by atoms with Crippen LogP contribution in [-0.4, -0.2) is 36.4 Å². The summed E-state index contributed by atoms with van der Waals surface area (Å²) in [7, 11) is 0. The lowest BCUT2D eigenvalue weighted by molar-refractivity contribution is -0.161. The molecule has 0 aromatic heterocycles. The van der Waals surface area contributed by atoms with E-state index in [1.807, 2.05) is 0 Å². The first-order valence-electron chi connectivity index (χ1n) is 27.6. The number of carbonyl (C=O) groups excluding carboxylic acids is 2. The number of allylic oxidation sites excluding steroid dienone is 14. The van der Waals surface area contributed by atoms with Crippen molar-refractivity contribution in [3.05, 3.63) is 85.1 Å². The van der Waals surface area contributed by atoms with Gasteiger partial charge in [0.25, 0.3) is 0 Å². The summed E-state index contributed by atoms with van der Waals surface area (Å²) in [6, 6.07) is 0. The third-order valence-corrected chi connectivity index (χ3v) is 11.9. The molecule has 0 fully saturated rings. The van der Waals surface area contributed by atoms with Crippen molar-refractivity contribution in [2.24, 2.45) is 0 Å². The van der Waals surface area contributed by atoms with Crippen LogP contribution in [0.15, 0.2) is 85.1 Å². The zero-order valence-corrected chi connectivity index (χ0v) is 42.7. The van der Waals surface area contributed by atoms with Gasteiger partial charge in [0.15, 0.2) is 6.10 Å². The van der Waals surface area contributed by atoms with Crippen LogP contribution < -0.4 is 0 Å². The molecule has 1 N–H and O–H groups in total. The van der Waals surface area contributed by atoms with Crippen molar-refractivity contribution in [2.45, 2.75) is 270 Å². The summed E-state index contributed by atoms with van der Waals surface area (Å²) < 4.78 is 10.7. The molecule has 0 aliphatic rings. The summed E-state index contributed by atoms with van der Waals surface area (Å²) >= 11 is 0. The SMILES string of the molecule is CC/C=C\C/C=C\C/C=C\C/C=C\C/C=C\CCCCCCCCCCCCCCCCCCCC(=O)OC(CO)COC(=O)CCCCCCCCC/C=C\C/C=C\CCCCCC. The van der Waals surface area contributed by atoms with Gasteiger partial charge >= 0.3 is 11.9 Å². The van der Waals surface area contributed by atoms with Crippen molar-refractivity contribution >= 4 is 11.9 Å². The zero-order chi connectivity index (χ0) is 47.0. The van der Waals surface area contributed by atoms with Crippen molar-refractivity contribution in [1.29, 1.82) is 0 Å². The molecule has 0 heterocycles. The predicted octanol–water partition coefficient (Wildman–Crippen LogP) is 18.6. The lowest BCUT2D eigenvalue weighted by atomic mass is 10.0. The average Bonchev–Trinajstić information content (AvgIpc) is 3.31. The number of carbonyl (C=O) groups is 2. The molecule has 1 atom stereocenters. The number of hydrogen-bond acceptors (Lipinski definition) is 5. The van der Waals surface area contributed by atoms with Crippen LogP contribution in [0.2, 0.25) is 0 Å². The van der Waals surface area contributed by atoms with Crippen LogP contribution in [0.3, 0.4) is 0 Å². The van der Waals surface area contributed by atoms with E-state index in [1.54, 1.807) is 0 Å². The van der Waals surface area contributed by atoms with Crippen molar-refractivity contribution < 1.29 is 24.2 Å². The third kappa shape index (κ3) is 53.6. The number of ether oxygens (including phenoxy) is 2. The van der Waals surface area contributed by atoms with Crippen LogP contribution in [0.1, 0.15) is 264 Å². The van der Waals surface area contributed by atoms with Gasteiger partial charge in [0.2, 0.25) is 0 Å². The van der Waals surface area contributed by atoms with Gasteiger partial charge in [-0.1, -0.05) is 247 Å². The Morgan fingerprint density at radius 3 is 1.00 bits per heavy atom. The average molecular weight is 905 g/mol. The van der Waals surface area contributed by atoms with E-state index in [-0.39, 0.29) is 25.2 Å². The first-order valence-corrected chi connectivity index (χ1v) is 27.6. The Hall–Kier alpha value is -2.92. The summed E-state index contributed by atoms with van der Waals surface area (Å²) in [6.45, 7) is 4.02. The molecule has 1 unspecified atom stereocenters. The third-order valence-electron chi connectivity index (χ3n) is 11.9. The molecule has 5 nitrogen and oxygen atoms in total. The molecule has 0 aromatic rings. The Balaban J connectivity index is 3.48. The number of unbranched alkanes of at least 4 members (excludes halogenated alkanes) is 28. The van der Waals surface area contributed by atoms with Crippen molar-refractivity contribution in [2.75, 3.05) is 13.2 Å². The van der Waals surface area contributed by atoms with Gasteiger partial charge in [-0.3, -0.25) is 9.59 Å². The molecule has 65 heavy (non-hydrogen) atoms. The Labute approximate surface area is 403 Å². The molecule has 5 heteroatoms. The number of aliphatic hydroxyl groups excluding tert-OH is 1. The fourth-order valence-electron chi connectivity index (χ4n) is 7.79. The molecule has 0 spiro atoms. The highest BCUT2D eigenvalue weighted by Gasteiger charge is 2.16. The van der Waals surface area contributed by atoms with Crippen molar-refractivity contribution in [3.8, 4) is 0 Å². The molecule has 0 aliphatic carbocycles. The predicted molar refractivity (Wildman–Crippen MR) is 283 cm³/mol. The van der Waals surface area contributed by atoms with E-state index in [9.17, 15) is 14.7 Å². The van der Waals surface area contributed by atoms with E-state index in [2.05, 4.69) is 98.9 Å². The van der Waals surface area contributed by atoms with E-state index in [1.165, 1.54) is 154 Å². The molecule has 0 bridgehead atoms. The second-order valence-corrected chi connectivity index (χ2v) is 18.3. The standard InChI is InChI=1S/C60H104O5/c1-3-5-7-9-11-13-15-17-19-21-23-24-25-26-27-28-29-30-31-32-33-34-35-36-37-39-41-43-45-47-49-51-53-55-60(63)65-58(56-61)57-64-59(62)54-52-50-48-46-44-42-40-38-22-20-18-16-14-12-10-8-6-4-2/h5,7,11,13-14,16-17,19-20,22-24,26-27,58,61H,3-4,6,8-10,12,15,18,21,25,28-57H2,1-2H3/b7-5-,13-11-,16-14-,19-17-,22-20-,24-23-,27-26-. The lowest BCUT2D eigenvalue weighted by Crippen LogP contribution is -2.28. The second-order valence-electron chi connectivity index (χ2n) is 18.3. The smallest absolute Gasteiger partial charge is 0.306 e. The van der Waals surface area contributed by atoms with Crippen LogP contribution in [0.4, 0.5) is 0 Å². The fourth-order valence-corrected chi connectivity index (χ4v) is 7.79. The zero-order valence-electron chi connectivity index (χ0n) is 42.7. The monoisotopic (exact) mass is 905 g/mol. The van der Waals surface area contributed by atoms with Gasteiger partial charge in [-0.2, -0.15) is 0 Å². The maximum absolute atomic E-state index is 12.3. The Bertz CT molecular complexity index is 1210. The molecule has 0 saturated carbocycles. The van der Waals surface area contributed by atoms with Gasteiger partial charge in [0.1, 0.15) is 6.61 Å². The minimum absolute atomic E-state index is 0.0707. The highest BCUT2D eigenvalue weighted by Crippen LogP contribution is 2.16. The minimum atomic E-state index is -0.778. The van der Waals surface area contributed by atoms with E-state index in [0.29, 0.717) is 12.8 Å². The number of hydrogen-bond donors (Lipinski definition) is 1. The Kier molecular flexibility index (Phi) is 52.9. The van der Waals surface area contributed by atoms with E-state index >= 15 is 0 Å². The molecular weight excluding hydrogens is 801 g/mol. The number of rotatable bonds is 50. The summed E-state index contributed by atoms with van der Waals surface area (Å²) in [5, 5.41) is 9.64. The molecular formula is C60H104O5. The van der Waals surface area contributed by atoms with Gasteiger partial charge in [0.05, 0.1) is 6.61 Å². The maximum atomic E-state index is 12.3. The van der Waals surface area contributed by atoms with Gasteiger partial charge < -0.3 is 14.6 Å². The molecule has 0 radical (unpaired) electrons. The summed E-state index contributed by atoms with van der Waals surface area (Å²) in [6.07, 6.45) is 76.9. The summed E-state index contributed by atoms with van der Waals surface area (Å²) in [4.78, 5) is 24.5. The molecule has 0 aliphatic heterocycles. The molecule has 374 valence electrons. The number of aliphatic hydroxyl groups is 1. The van der Waals surface area contributed by atoms with Crippen LogP contribution in [-0.2, 0) is 19.1 Å². The summed E-state index contributed by atoms with van der Waals surface area (Å²) in [5.41, 5.74) is 0. The van der Waals surface area contributed by atoms with Crippen LogP contribution in [0.25, 0.3) is 0 Å². The minimum Gasteiger partial charge on any atom is -0.462 e. The normalized spacial score (nSPS) is 12.8. The quantitative estimate of drug-likeness (QED) is 0.0374. The van der Waals surface area contributed by atoms with E-state index < -0.39 is 6.10 Å². The largest absolute Gasteiger partial charge is 0.462 e. The van der Waals surface area contributed by atoms with Crippen molar-refractivity contribution in [3.63, 3.8) is 0 Å². The van der Waals surface area contributed by atoms with Gasteiger partial charge in [-0.15, -0.1) is 0 Å². The molecule has 0 amide bonds. The Morgan fingerprint density at radius 2 is 0.662 bits per heavy atom. The van der Waals surface area contributed by atoms with E-state index in [0.717, 1.165) is 83.5 Å². The molecule has 0 rings (SSSR count). The van der Waals surface area contributed by atoms with Crippen LogP contribution in [0.5, 0.6) is 0 Å². The van der Waals surface area contributed by atoms with Crippen LogP contribution >= 0.6 is 0 Å². The lowest BCUT2D eigenvalue weighted by Gasteiger charge is -2.15. The first-order chi connectivity index (χ1) is 32.1. The highest BCUT2D eigenvalue weighted by atomic mass is 16.6. The molecule has 0 aromatic carbocycles. The molecule has 0 saturated heterocycles. The fraction of sp³-hybridized carbons (Fsp3) is 0.733. The number of esters is 2. The maximum Gasteiger partial charge on any atom is 0.306 e. The highest BCUT2D eigenvalue weighted by molar-refractivity contribution is 5.70. The van der Waals surface area contributed by atoms with Crippen molar-refractivity contribution in [1.82, 2.24) is 0 Å². The Morgan fingerprint density at radius 1 is 0.369 bits per heavy atom. The first kappa shape index (κ1) is 62.1. The topological polar surface area (TPSA) is 72.8 Å². The van der Waals surface area contributed by atoms with Crippen LogP contribution in [0, 0.1) is 0 Å². The van der Waals surface area contributed by atoms with E-state index in [4.69, 9.17) is 9.47 Å². The second kappa shape index (κ2) is 55.4. The van der Waals surface area contributed by atoms with Gasteiger partial charge in [0, 0.05) is 12.8 Å². The van der Waals surface area contributed by atoms with Gasteiger partial charge in [-0.25, -0.2) is 0 Å². The summed E-state index contributed by atoms with van der Waals surface area (Å²) in [5.74, 6) is -0.594.